The van der Waals surface area contributed by atoms with E-state index in [1.165, 1.54) is 5.69 Å². The first-order valence-corrected chi connectivity index (χ1v) is 6.67. The van der Waals surface area contributed by atoms with Crippen molar-refractivity contribution in [1.29, 1.82) is 0 Å². The van der Waals surface area contributed by atoms with E-state index in [-0.39, 0.29) is 12.5 Å². The summed E-state index contributed by atoms with van der Waals surface area (Å²) in [7, 11) is 0. The zero-order valence-electron chi connectivity index (χ0n) is 10.9. The highest BCUT2D eigenvalue weighted by atomic mass is 16.4. The SMILES string of the molecule is CCn1nccc1CN1CCCCC1CC(=O)O. The van der Waals surface area contributed by atoms with Gasteiger partial charge in [0.2, 0.25) is 0 Å². The van der Waals surface area contributed by atoms with Gasteiger partial charge in [-0.15, -0.1) is 0 Å². The van der Waals surface area contributed by atoms with Gasteiger partial charge in [0, 0.05) is 25.3 Å². The standard InChI is InChI=1S/C13H21N3O2/c1-2-16-12(6-7-14-16)10-15-8-4-3-5-11(15)9-13(17)18/h6-7,11H,2-5,8-10H2,1H3,(H,17,18). The molecule has 5 heteroatoms. The molecule has 1 aromatic heterocycles. The zero-order valence-corrected chi connectivity index (χ0v) is 10.9. The van der Waals surface area contributed by atoms with Crippen LogP contribution in [0.4, 0.5) is 0 Å². The number of carboxylic acids is 1. The largest absolute Gasteiger partial charge is 0.481 e. The first kappa shape index (κ1) is 13.1. The number of aromatic nitrogens is 2. The molecule has 1 unspecified atom stereocenters. The van der Waals surface area contributed by atoms with Crippen molar-refractivity contribution in [3.8, 4) is 0 Å². The molecule has 1 saturated heterocycles. The third-order valence-electron chi connectivity index (χ3n) is 3.63. The smallest absolute Gasteiger partial charge is 0.304 e. The maximum absolute atomic E-state index is 10.9. The van der Waals surface area contributed by atoms with Gasteiger partial charge >= 0.3 is 5.97 Å². The average Bonchev–Trinajstić information content (AvgIpc) is 2.78. The van der Waals surface area contributed by atoms with Gasteiger partial charge in [-0.2, -0.15) is 5.10 Å². The van der Waals surface area contributed by atoms with Crippen LogP contribution in [-0.4, -0.2) is 38.3 Å². The molecule has 2 rings (SSSR count). The Kier molecular flexibility index (Phi) is 4.36. The van der Waals surface area contributed by atoms with E-state index in [1.54, 1.807) is 0 Å². The van der Waals surface area contributed by atoms with Crippen LogP contribution in [-0.2, 0) is 17.9 Å². The summed E-state index contributed by atoms with van der Waals surface area (Å²) in [5.41, 5.74) is 1.18. The van der Waals surface area contributed by atoms with E-state index in [9.17, 15) is 4.79 Å². The third kappa shape index (κ3) is 3.10. The molecule has 100 valence electrons. The van der Waals surface area contributed by atoms with Gasteiger partial charge in [-0.25, -0.2) is 0 Å². The number of rotatable bonds is 5. The van der Waals surface area contributed by atoms with Crippen molar-refractivity contribution in [2.45, 2.75) is 51.7 Å². The van der Waals surface area contributed by atoms with Crippen molar-refractivity contribution < 1.29 is 9.90 Å². The monoisotopic (exact) mass is 251 g/mol. The topological polar surface area (TPSA) is 58.4 Å². The highest BCUT2D eigenvalue weighted by Crippen LogP contribution is 2.21. The second-order valence-corrected chi connectivity index (χ2v) is 4.86. The summed E-state index contributed by atoms with van der Waals surface area (Å²) < 4.78 is 1.98. The molecular formula is C13H21N3O2. The summed E-state index contributed by atoms with van der Waals surface area (Å²) >= 11 is 0. The molecule has 0 aromatic carbocycles. The van der Waals surface area contributed by atoms with Gasteiger partial charge in [-0.3, -0.25) is 14.4 Å². The number of nitrogens with zero attached hydrogens (tertiary/aromatic N) is 3. The van der Waals surface area contributed by atoms with E-state index < -0.39 is 5.97 Å². The van der Waals surface area contributed by atoms with Crippen molar-refractivity contribution in [1.82, 2.24) is 14.7 Å². The maximum atomic E-state index is 10.9. The molecule has 2 heterocycles. The number of piperidine rings is 1. The fourth-order valence-electron chi connectivity index (χ4n) is 2.69. The lowest BCUT2D eigenvalue weighted by Gasteiger charge is -2.34. The third-order valence-corrected chi connectivity index (χ3v) is 3.63. The number of likely N-dealkylation sites (tertiary alicyclic amines) is 1. The molecule has 0 bridgehead atoms. The van der Waals surface area contributed by atoms with Crippen LogP contribution in [0.25, 0.3) is 0 Å². The minimum Gasteiger partial charge on any atom is -0.481 e. The number of carbonyl (C=O) groups is 1. The second kappa shape index (κ2) is 6.00. The van der Waals surface area contributed by atoms with Crippen molar-refractivity contribution in [2.24, 2.45) is 0 Å². The molecule has 0 spiro atoms. The Morgan fingerprint density at radius 3 is 3.11 bits per heavy atom. The number of aliphatic carboxylic acids is 1. The van der Waals surface area contributed by atoms with Gasteiger partial charge in [-0.05, 0) is 32.4 Å². The zero-order chi connectivity index (χ0) is 13.0. The first-order valence-electron chi connectivity index (χ1n) is 6.67. The first-order chi connectivity index (χ1) is 8.70. The van der Waals surface area contributed by atoms with Crippen LogP contribution < -0.4 is 0 Å². The summed E-state index contributed by atoms with van der Waals surface area (Å²) in [5, 5.41) is 13.2. The predicted octanol–water partition coefficient (Wildman–Crippen LogP) is 1.73. The number of carboxylic acid groups (broad SMARTS) is 1. The van der Waals surface area contributed by atoms with Crippen LogP contribution in [0.1, 0.15) is 38.3 Å². The van der Waals surface area contributed by atoms with Crippen molar-refractivity contribution in [3.05, 3.63) is 18.0 Å². The number of hydrogen-bond donors (Lipinski definition) is 1. The lowest BCUT2D eigenvalue weighted by atomic mass is 9.99. The normalized spacial score (nSPS) is 21.1. The predicted molar refractivity (Wildman–Crippen MR) is 68.2 cm³/mol. The van der Waals surface area contributed by atoms with Gasteiger partial charge in [0.15, 0.2) is 0 Å². The Bertz CT molecular complexity index is 403. The lowest BCUT2D eigenvalue weighted by Crippen LogP contribution is -2.40. The van der Waals surface area contributed by atoms with Crippen LogP contribution in [0.15, 0.2) is 12.3 Å². The number of aryl methyl sites for hydroxylation is 1. The van der Waals surface area contributed by atoms with Crippen LogP contribution in [0.2, 0.25) is 0 Å². The Hall–Kier alpha value is -1.36. The van der Waals surface area contributed by atoms with E-state index >= 15 is 0 Å². The molecule has 5 nitrogen and oxygen atoms in total. The van der Waals surface area contributed by atoms with E-state index in [2.05, 4.69) is 16.9 Å². The Labute approximate surface area is 107 Å². The minimum atomic E-state index is -0.698. The van der Waals surface area contributed by atoms with E-state index in [1.807, 2.05) is 16.9 Å². The highest BCUT2D eigenvalue weighted by molar-refractivity contribution is 5.67. The van der Waals surface area contributed by atoms with Gasteiger partial charge in [0.05, 0.1) is 12.1 Å². The van der Waals surface area contributed by atoms with Crippen LogP contribution >= 0.6 is 0 Å². The molecule has 1 fully saturated rings. The molecule has 0 saturated carbocycles. The molecule has 0 aliphatic carbocycles. The molecule has 18 heavy (non-hydrogen) atoms. The van der Waals surface area contributed by atoms with Gasteiger partial charge < -0.3 is 5.11 Å². The van der Waals surface area contributed by atoms with Crippen molar-refractivity contribution >= 4 is 5.97 Å². The van der Waals surface area contributed by atoms with Crippen LogP contribution in [0.5, 0.6) is 0 Å². The lowest BCUT2D eigenvalue weighted by molar-refractivity contribution is -0.138. The highest BCUT2D eigenvalue weighted by Gasteiger charge is 2.25. The van der Waals surface area contributed by atoms with Crippen LogP contribution in [0.3, 0.4) is 0 Å². The Morgan fingerprint density at radius 1 is 1.56 bits per heavy atom. The molecule has 1 aliphatic heterocycles. The molecule has 1 aliphatic rings. The minimum absolute atomic E-state index is 0.177. The van der Waals surface area contributed by atoms with E-state index in [0.29, 0.717) is 0 Å². The molecule has 1 aromatic rings. The van der Waals surface area contributed by atoms with Gasteiger partial charge in [0.1, 0.15) is 0 Å². The van der Waals surface area contributed by atoms with Crippen LogP contribution in [0, 0.1) is 0 Å². The van der Waals surface area contributed by atoms with Crippen molar-refractivity contribution in [2.75, 3.05) is 6.54 Å². The summed E-state index contributed by atoms with van der Waals surface area (Å²) in [4.78, 5) is 13.2. The molecular weight excluding hydrogens is 230 g/mol. The van der Waals surface area contributed by atoms with Gasteiger partial charge in [0.25, 0.3) is 0 Å². The summed E-state index contributed by atoms with van der Waals surface area (Å²) in [6.07, 6.45) is 5.36. The molecule has 1 N–H and O–H groups in total. The Morgan fingerprint density at radius 2 is 2.39 bits per heavy atom. The molecule has 1 atom stereocenters. The fourth-order valence-corrected chi connectivity index (χ4v) is 2.69. The Balaban J connectivity index is 2.03. The summed E-state index contributed by atoms with van der Waals surface area (Å²) in [5.74, 6) is -0.698. The summed E-state index contributed by atoms with van der Waals surface area (Å²) in [6.45, 7) is 4.74. The second-order valence-electron chi connectivity index (χ2n) is 4.86. The average molecular weight is 251 g/mol. The van der Waals surface area contributed by atoms with Gasteiger partial charge in [-0.1, -0.05) is 6.42 Å². The van der Waals surface area contributed by atoms with Crippen molar-refractivity contribution in [3.63, 3.8) is 0 Å². The maximum Gasteiger partial charge on any atom is 0.304 e. The van der Waals surface area contributed by atoms with E-state index in [0.717, 1.165) is 38.9 Å². The quantitative estimate of drug-likeness (QED) is 0.866. The summed E-state index contributed by atoms with van der Waals surface area (Å²) in [6, 6.07) is 2.20. The molecule has 0 amide bonds. The number of hydrogen-bond acceptors (Lipinski definition) is 3. The fraction of sp³-hybridized carbons (Fsp3) is 0.692. The van der Waals surface area contributed by atoms with E-state index in [4.69, 9.17) is 5.11 Å². The molecule has 0 radical (unpaired) electrons.